The van der Waals surface area contributed by atoms with Gasteiger partial charge in [-0.25, -0.2) is 0 Å². The van der Waals surface area contributed by atoms with Gasteiger partial charge in [-0.2, -0.15) is 0 Å². The molecule has 0 heterocycles. The summed E-state index contributed by atoms with van der Waals surface area (Å²) in [7, 11) is 0. The molecule has 0 bridgehead atoms. The molecule has 0 radical (unpaired) electrons. The summed E-state index contributed by atoms with van der Waals surface area (Å²) in [4.78, 5) is 0. The molecule has 0 aromatic heterocycles. The Bertz CT molecular complexity index is 351. The van der Waals surface area contributed by atoms with Crippen molar-refractivity contribution in [1.82, 2.24) is 5.32 Å². The number of benzene rings is 1. The van der Waals surface area contributed by atoms with Gasteiger partial charge in [-0.05, 0) is 11.1 Å². The summed E-state index contributed by atoms with van der Waals surface area (Å²) >= 11 is 1.77. The molecule has 84 valence electrons. The molecule has 0 unspecified atom stereocenters. The molecule has 0 aliphatic heterocycles. The van der Waals surface area contributed by atoms with E-state index < -0.39 is 0 Å². The van der Waals surface area contributed by atoms with E-state index in [9.17, 15) is 0 Å². The molecule has 0 saturated carbocycles. The van der Waals surface area contributed by atoms with Crippen LogP contribution >= 0.6 is 11.8 Å². The lowest BCUT2D eigenvalue weighted by atomic mass is 10.1. The van der Waals surface area contributed by atoms with E-state index in [2.05, 4.69) is 29.9 Å². The molecular weight excluding hydrogens is 214 g/mol. The van der Waals surface area contributed by atoms with E-state index in [0.29, 0.717) is 0 Å². The van der Waals surface area contributed by atoms with Gasteiger partial charge >= 0.3 is 0 Å². The number of hydrogen-bond donors (Lipinski definition) is 1. The predicted molar refractivity (Wildman–Crippen MR) is 74.5 cm³/mol. The van der Waals surface area contributed by atoms with Crippen LogP contribution in [0.3, 0.4) is 0 Å². The van der Waals surface area contributed by atoms with Crippen LogP contribution in [0.15, 0.2) is 36.9 Å². The second-order valence-corrected chi connectivity index (χ2v) is 4.51. The minimum Gasteiger partial charge on any atom is -0.312 e. The van der Waals surface area contributed by atoms with Crippen LogP contribution in [-0.2, 0) is 0 Å². The summed E-state index contributed by atoms with van der Waals surface area (Å²) < 4.78 is 0. The first-order valence-corrected chi connectivity index (χ1v) is 6.45. The first-order valence-electron chi connectivity index (χ1n) is 5.29. The fourth-order valence-electron chi connectivity index (χ4n) is 1.29. The average Bonchev–Trinajstić information content (AvgIpc) is 2.34. The fraction of sp³-hybridized carbons (Fsp3) is 0.286. The average molecular weight is 231 g/mol. The van der Waals surface area contributed by atoms with Gasteiger partial charge in [0, 0.05) is 18.8 Å². The van der Waals surface area contributed by atoms with Gasteiger partial charge in [0.1, 0.15) is 0 Å². The van der Waals surface area contributed by atoms with E-state index >= 15 is 0 Å². The maximum atomic E-state index is 5.16. The van der Waals surface area contributed by atoms with Crippen molar-refractivity contribution >= 4 is 17.3 Å². The molecule has 1 aromatic rings. The Kier molecular flexibility index (Phi) is 6.48. The van der Waals surface area contributed by atoms with E-state index in [0.717, 1.165) is 30.2 Å². The van der Waals surface area contributed by atoms with Crippen LogP contribution in [0.4, 0.5) is 0 Å². The van der Waals surface area contributed by atoms with Crippen molar-refractivity contribution in [3.8, 4) is 12.3 Å². The maximum absolute atomic E-state index is 5.16. The lowest BCUT2D eigenvalue weighted by Crippen LogP contribution is -2.19. The molecule has 0 atom stereocenters. The molecule has 0 amide bonds. The quantitative estimate of drug-likeness (QED) is 0.572. The highest BCUT2D eigenvalue weighted by molar-refractivity contribution is 7.99. The summed E-state index contributed by atoms with van der Waals surface area (Å²) in [5.74, 6) is 4.45. The van der Waals surface area contributed by atoms with E-state index in [-0.39, 0.29) is 0 Å². The second-order valence-electron chi connectivity index (χ2n) is 3.40. The molecule has 16 heavy (non-hydrogen) atoms. The highest BCUT2D eigenvalue weighted by atomic mass is 32.2. The lowest BCUT2D eigenvalue weighted by Gasteiger charge is -2.07. The van der Waals surface area contributed by atoms with Crippen LogP contribution in [0.1, 0.15) is 5.56 Å². The Labute approximate surface area is 102 Å². The van der Waals surface area contributed by atoms with Gasteiger partial charge in [-0.15, -0.1) is 18.2 Å². The predicted octanol–water partition coefficient (Wildman–Crippen LogP) is 2.66. The monoisotopic (exact) mass is 231 g/mol. The van der Waals surface area contributed by atoms with Gasteiger partial charge in [0.05, 0.1) is 5.75 Å². The smallest absolute Gasteiger partial charge is 0.0545 e. The Balaban J connectivity index is 2.15. The van der Waals surface area contributed by atoms with E-state index in [1.807, 2.05) is 18.2 Å². The van der Waals surface area contributed by atoms with Gasteiger partial charge in [0.15, 0.2) is 0 Å². The zero-order valence-electron chi connectivity index (χ0n) is 9.41. The van der Waals surface area contributed by atoms with Crippen LogP contribution < -0.4 is 5.32 Å². The molecule has 1 N–H and O–H groups in total. The third-order valence-electron chi connectivity index (χ3n) is 2.13. The summed E-state index contributed by atoms with van der Waals surface area (Å²) in [6.07, 6.45) is 5.16. The Hall–Kier alpha value is -1.17. The summed E-state index contributed by atoms with van der Waals surface area (Å²) in [6.45, 7) is 5.86. The van der Waals surface area contributed by atoms with Crippen LogP contribution in [0, 0.1) is 12.3 Å². The largest absolute Gasteiger partial charge is 0.312 e. The Morgan fingerprint density at radius 3 is 2.81 bits per heavy atom. The molecular formula is C14H17NS. The molecule has 0 aliphatic rings. The van der Waals surface area contributed by atoms with Crippen molar-refractivity contribution < 1.29 is 0 Å². The van der Waals surface area contributed by atoms with Gasteiger partial charge in [-0.3, -0.25) is 0 Å². The van der Waals surface area contributed by atoms with E-state index in [1.165, 1.54) is 5.56 Å². The normalized spacial score (nSPS) is 9.69. The molecule has 0 aliphatic carbocycles. The van der Waals surface area contributed by atoms with Crippen molar-refractivity contribution in [2.45, 2.75) is 0 Å². The lowest BCUT2D eigenvalue weighted by molar-refractivity contribution is 0.815. The second kappa shape index (κ2) is 8.04. The summed E-state index contributed by atoms with van der Waals surface area (Å²) in [5.41, 5.74) is 2.33. The fourth-order valence-corrected chi connectivity index (χ4v) is 1.84. The topological polar surface area (TPSA) is 12.0 Å². The van der Waals surface area contributed by atoms with Gasteiger partial charge < -0.3 is 5.32 Å². The van der Waals surface area contributed by atoms with Gasteiger partial charge in [0.25, 0.3) is 0 Å². The Morgan fingerprint density at radius 1 is 1.38 bits per heavy atom. The number of rotatable bonds is 7. The highest BCUT2D eigenvalue weighted by Gasteiger charge is 1.96. The molecule has 1 rings (SSSR count). The molecule has 2 heteroatoms. The number of thioether (sulfide) groups is 1. The number of terminal acetylenes is 1. The SMILES string of the molecule is C#CCSCCNCC(=C)c1ccccc1. The molecule has 1 aromatic carbocycles. The number of nitrogens with one attached hydrogen (secondary N) is 1. The first kappa shape index (κ1) is 12.9. The standard InChI is InChI=1S/C14H17NS/c1-3-10-16-11-9-15-12-13(2)14-7-5-4-6-8-14/h1,4-8,15H,2,9-12H2. The van der Waals surface area contributed by atoms with E-state index in [1.54, 1.807) is 11.8 Å². The third kappa shape index (κ3) is 5.06. The van der Waals surface area contributed by atoms with Crippen molar-refractivity contribution in [2.75, 3.05) is 24.6 Å². The van der Waals surface area contributed by atoms with Gasteiger partial charge in [-0.1, -0.05) is 42.8 Å². The molecule has 0 saturated heterocycles. The van der Waals surface area contributed by atoms with Crippen molar-refractivity contribution in [2.24, 2.45) is 0 Å². The van der Waals surface area contributed by atoms with E-state index in [4.69, 9.17) is 6.42 Å². The molecule has 0 fully saturated rings. The third-order valence-corrected chi connectivity index (χ3v) is 2.99. The Morgan fingerprint density at radius 2 is 2.12 bits per heavy atom. The molecule has 0 spiro atoms. The van der Waals surface area contributed by atoms with Crippen molar-refractivity contribution in [3.05, 3.63) is 42.5 Å². The zero-order valence-corrected chi connectivity index (χ0v) is 10.2. The first-order chi connectivity index (χ1) is 7.84. The van der Waals surface area contributed by atoms with Crippen LogP contribution in [0.2, 0.25) is 0 Å². The van der Waals surface area contributed by atoms with Gasteiger partial charge in [0.2, 0.25) is 0 Å². The van der Waals surface area contributed by atoms with Crippen molar-refractivity contribution in [3.63, 3.8) is 0 Å². The van der Waals surface area contributed by atoms with Crippen LogP contribution in [0.25, 0.3) is 5.57 Å². The number of hydrogen-bond acceptors (Lipinski definition) is 2. The molecule has 1 nitrogen and oxygen atoms in total. The minimum absolute atomic E-state index is 0.793. The summed E-state index contributed by atoms with van der Waals surface area (Å²) in [6, 6.07) is 10.2. The minimum atomic E-state index is 0.793. The zero-order chi connectivity index (χ0) is 11.6. The highest BCUT2D eigenvalue weighted by Crippen LogP contribution is 2.09. The summed E-state index contributed by atoms with van der Waals surface area (Å²) in [5, 5.41) is 3.35. The van der Waals surface area contributed by atoms with Crippen LogP contribution in [-0.4, -0.2) is 24.6 Å². The van der Waals surface area contributed by atoms with Crippen molar-refractivity contribution in [1.29, 1.82) is 0 Å². The maximum Gasteiger partial charge on any atom is 0.0545 e. The van der Waals surface area contributed by atoms with Crippen LogP contribution in [0.5, 0.6) is 0 Å².